The Kier molecular flexibility index (Phi) is 5.10. The standard InChI is InChI=1S/C16H14Cl2O3/c1-10(21-14-5-3-4-13(17)15(14)18)16(19)11-6-8-12(20-2)9-7-11/h3-10H,1-2H3. The highest BCUT2D eigenvalue weighted by atomic mass is 35.5. The van der Waals surface area contributed by atoms with Crippen molar-refractivity contribution in [2.75, 3.05) is 7.11 Å². The molecule has 2 rings (SSSR count). The van der Waals surface area contributed by atoms with Crippen LogP contribution in [-0.4, -0.2) is 19.0 Å². The summed E-state index contributed by atoms with van der Waals surface area (Å²) in [7, 11) is 1.57. The molecule has 0 amide bonds. The highest BCUT2D eigenvalue weighted by molar-refractivity contribution is 6.42. The lowest BCUT2D eigenvalue weighted by Crippen LogP contribution is -2.24. The number of halogens is 2. The maximum atomic E-state index is 12.3. The number of Topliss-reactive ketones (excluding diaryl/α,β-unsaturated/α-hetero) is 1. The summed E-state index contributed by atoms with van der Waals surface area (Å²) in [4.78, 5) is 12.3. The largest absolute Gasteiger partial charge is 0.497 e. The van der Waals surface area contributed by atoms with Crippen LogP contribution >= 0.6 is 23.2 Å². The van der Waals surface area contributed by atoms with E-state index in [1.807, 2.05) is 0 Å². The number of ketones is 1. The van der Waals surface area contributed by atoms with E-state index in [1.54, 1.807) is 56.5 Å². The molecule has 21 heavy (non-hydrogen) atoms. The van der Waals surface area contributed by atoms with E-state index in [2.05, 4.69) is 0 Å². The van der Waals surface area contributed by atoms with Gasteiger partial charge in [-0.1, -0.05) is 29.3 Å². The van der Waals surface area contributed by atoms with E-state index < -0.39 is 6.10 Å². The molecule has 2 aromatic carbocycles. The first-order chi connectivity index (χ1) is 10.0. The molecule has 0 saturated heterocycles. The fourth-order valence-corrected chi connectivity index (χ4v) is 2.15. The molecule has 0 aliphatic carbocycles. The molecule has 0 radical (unpaired) electrons. The molecule has 0 heterocycles. The minimum Gasteiger partial charge on any atom is -0.497 e. The minimum atomic E-state index is -0.672. The SMILES string of the molecule is COc1ccc(C(=O)C(C)Oc2cccc(Cl)c2Cl)cc1. The highest BCUT2D eigenvalue weighted by Gasteiger charge is 2.18. The third-order valence-electron chi connectivity index (χ3n) is 2.96. The molecular formula is C16H14Cl2O3. The number of hydrogen-bond acceptors (Lipinski definition) is 3. The molecular weight excluding hydrogens is 311 g/mol. The number of ether oxygens (including phenoxy) is 2. The van der Waals surface area contributed by atoms with Crippen molar-refractivity contribution in [1.82, 2.24) is 0 Å². The van der Waals surface area contributed by atoms with Crippen LogP contribution < -0.4 is 9.47 Å². The first-order valence-corrected chi connectivity index (χ1v) is 7.07. The van der Waals surface area contributed by atoms with Crippen molar-refractivity contribution in [3.05, 3.63) is 58.1 Å². The van der Waals surface area contributed by atoms with E-state index in [-0.39, 0.29) is 5.78 Å². The van der Waals surface area contributed by atoms with Crippen molar-refractivity contribution in [3.63, 3.8) is 0 Å². The first-order valence-electron chi connectivity index (χ1n) is 6.32. The summed E-state index contributed by atoms with van der Waals surface area (Å²) in [5.41, 5.74) is 0.543. The predicted octanol–water partition coefficient (Wildman–Crippen LogP) is 4.65. The lowest BCUT2D eigenvalue weighted by Gasteiger charge is -2.15. The monoisotopic (exact) mass is 324 g/mol. The number of methoxy groups -OCH3 is 1. The smallest absolute Gasteiger partial charge is 0.202 e. The molecule has 0 bridgehead atoms. The van der Waals surface area contributed by atoms with Crippen LogP contribution in [-0.2, 0) is 0 Å². The molecule has 1 unspecified atom stereocenters. The van der Waals surface area contributed by atoms with Crippen LogP contribution in [0.4, 0.5) is 0 Å². The number of rotatable bonds is 5. The van der Waals surface area contributed by atoms with Crippen LogP contribution in [0.15, 0.2) is 42.5 Å². The van der Waals surface area contributed by atoms with Crippen LogP contribution in [0.5, 0.6) is 11.5 Å². The molecule has 5 heteroatoms. The quantitative estimate of drug-likeness (QED) is 0.751. The third kappa shape index (κ3) is 3.69. The molecule has 1 atom stereocenters. The summed E-state index contributed by atoms with van der Waals surface area (Å²) in [6.07, 6.45) is -0.672. The Hall–Kier alpha value is -1.71. The van der Waals surface area contributed by atoms with Gasteiger partial charge < -0.3 is 9.47 Å². The van der Waals surface area contributed by atoms with E-state index in [0.717, 1.165) is 0 Å². The van der Waals surface area contributed by atoms with Gasteiger partial charge in [0.05, 0.1) is 12.1 Å². The molecule has 0 saturated carbocycles. The molecule has 0 spiro atoms. The summed E-state index contributed by atoms with van der Waals surface area (Å²) in [5, 5.41) is 0.687. The van der Waals surface area contributed by atoms with E-state index in [4.69, 9.17) is 32.7 Å². The van der Waals surface area contributed by atoms with E-state index in [9.17, 15) is 4.79 Å². The normalized spacial score (nSPS) is 11.8. The third-order valence-corrected chi connectivity index (χ3v) is 3.77. The lowest BCUT2D eigenvalue weighted by molar-refractivity contribution is 0.0818. The van der Waals surface area contributed by atoms with Gasteiger partial charge in [0, 0.05) is 5.56 Å². The number of carbonyl (C=O) groups excluding carboxylic acids is 1. The maximum Gasteiger partial charge on any atom is 0.202 e. The Labute approximate surface area is 133 Å². The molecule has 0 aliphatic heterocycles. The van der Waals surface area contributed by atoms with Gasteiger partial charge in [-0.15, -0.1) is 0 Å². The fraction of sp³-hybridized carbons (Fsp3) is 0.188. The second-order valence-corrected chi connectivity index (χ2v) is 5.19. The molecule has 0 aromatic heterocycles. The molecule has 2 aromatic rings. The van der Waals surface area contributed by atoms with Crippen molar-refractivity contribution in [1.29, 1.82) is 0 Å². The Bertz CT molecular complexity index is 638. The van der Waals surface area contributed by atoms with Crippen molar-refractivity contribution < 1.29 is 14.3 Å². The summed E-state index contributed by atoms with van der Waals surface area (Å²) < 4.78 is 10.7. The zero-order chi connectivity index (χ0) is 15.4. The van der Waals surface area contributed by atoms with Gasteiger partial charge in [-0.3, -0.25) is 4.79 Å². The minimum absolute atomic E-state index is 0.145. The Morgan fingerprint density at radius 3 is 2.38 bits per heavy atom. The average Bonchev–Trinajstić information content (AvgIpc) is 2.51. The topological polar surface area (TPSA) is 35.5 Å². The second kappa shape index (κ2) is 6.83. The molecule has 0 aliphatic rings. The zero-order valence-electron chi connectivity index (χ0n) is 11.6. The van der Waals surface area contributed by atoms with Gasteiger partial charge in [0.2, 0.25) is 5.78 Å². The van der Waals surface area contributed by atoms with Gasteiger partial charge in [0.15, 0.2) is 6.10 Å². The zero-order valence-corrected chi connectivity index (χ0v) is 13.1. The van der Waals surface area contributed by atoms with Crippen LogP contribution in [0.3, 0.4) is 0 Å². The van der Waals surface area contributed by atoms with E-state index in [1.165, 1.54) is 0 Å². The molecule has 3 nitrogen and oxygen atoms in total. The first kappa shape index (κ1) is 15.7. The summed E-state index contributed by atoms with van der Waals surface area (Å²) in [6, 6.07) is 11.9. The van der Waals surface area contributed by atoms with Crippen LogP contribution in [0.1, 0.15) is 17.3 Å². The number of hydrogen-bond donors (Lipinski definition) is 0. The van der Waals surface area contributed by atoms with E-state index in [0.29, 0.717) is 27.1 Å². The predicted molar refractivity (Wildman–Crippen MR) is 83.9 cm³/mol. The average molecular weight is 325 g/mol. The van der Waals surface area contributed by atoms with Crippen LogP contribution in [0, 0.1) is 0 Å². The Morgan fingerprint density at radius 2 is 1.76 bits per heavy atom. The molecule has 0 fully saturated rings. The van der Waals surface area contributed by atoms with Gasteiger partial charge in [-0.25, -0.2) is 0 Å². The fourth-order valence-electron chi connectivity index (χ4n) is 1.81. The van der Waals surface area contributed by atoms with Crippen molar-refractivity contribution >= 4 is 29.0 Å². The van der Waals surface area contributed by atoms with Crippen LogP contribution in [0.25, 0.3) is 0 Å². The van der Waals surface area contributed by atoms with Gasteiger partial charge in [0.25, 0.3) is 0 Å². The Morgan fingerprint density at radius 1 is 1.10 bits per heavy atom. The highest BCUT2D eigenvalue weighted by Crippen LogP contribution is 2.32. The summed E-state index contributed by atoms with van der Waals surface area (Å²) in [5.74, 6) is 0.935. The molecule has 0 N–H and O–H groups in total. The van der Waals surface area contributed by atoms with Crippen molar-refractivity contribution in [3.8, 4) is 11.5 Å². The Balaban J connectivity index is 2.13. The summed E-state index contributed by atoms with van der Waals surface area (Å²) >= 11 is 12.0. The van der Waals surface area contributed by atoms with Gasteiger partial charge >= 0.3 is 0 Å². The summed E-state index contributed by atoms with van der Waals surface area (Å²) in [6.45, 7) is 1.67. The van der Waals surface area contributed by atoms with Gasteiger partial charge in [-0.05, 0) is 43.3 Å². The van der Waals surface area contributed by atoms with E-state index >= 15 is 0 Å². The lowest BCUT2D eigenvalue weighted by atomic mass is 10.1. The second-order valence-electron chi connectivity index (χ2n) is 4.40. The van der Waals surface area contributed by atoms with Crippen molar-refractivity contribution in [2.45, 2.75) is 13.0 Å². The van der Waals surface area contributed by atoms with Gasteiger partial charge in [0.1, 0.15) is 16.5 Å². The molecule has 110 valence electrons. The number of carbonyl (C=O) groups is 1. The number of benzene rings is 2. The van der Waals surface area contributed by atoms with Crippen LogP contribution in [0.2, 0.25) is 10.0 Å². The van der Waals surface area contributed by atoms with Gasteiger partial charge in [-0.2, -0.15) is 0 Å². The maximum absolute atomic E-state index is 12.3. The van der Waals surface area contributed by atoms with Crippen molar-refractivity contribution in [2.24, 2.45) is 0 Å².